The molecule has 0 aromatic heterocycles. The van der Waals surface area contributed by atoms with Crippen molar-refractivity contribution in [1.29, 1.82) is 0 Å². The fourth-order valence-corrected chi connectivity index (χ4v) is 3.28. The molecule has 1 aliphatic carbocycles. The van der Waals surface area contributed by atoms with Gasteiger partial charge in [0.2, 0.25) is 0 Å². The Hall–Kier alpha value is -1.88. The van der Waals surface area contributed by atoms with Gasteiger partial charge in [-0.2, -0.15) is 0 Å². The molecule has 0 spiro atoms. The molecular formula is C18H15IO2. The van der Waals surface area contributed by atoms with Gasteiger partial charge in [0.15, 0.2) is 0 Å². The maximum absolute atomic E-state index is 5.89. The van der Waals surface area contributed by atoms with Gasteiger partial charge in [0, 0.05) is 6.07 Å². The van der Waals surface area contributed by atoms with Crippen molar-refractivity contribution >= 4 is 24.7 Å². The van der Waals surface area contributed by atoms with E-state index in [-0.39, 0.29) is 20.7 Å². The number of rotatable bonds is 4. The zero-order chi connectivity index (χ0) is 14.5. The molecule has 0 unspecified atom stereocenters. The number of hydrogen-bond acceptors (Lipinski definition) is 2. The van der Waals surface area contributed by atoms with E-state index in [1.165, 1.54) is 0 Å². The average molecular weight is 390 g/mol. The molecule has 106 valence electrons. The highest BCUT2D eigenvalue weighted by Crippen LogP contribution is 2.27. The van der Waals surface area contributed by atoms with Crippen LogP contribution in [0, 0.1) is 0 Å². The Morgan fingerprint density at radius 1 is 1.10 bits per heavy atom. The third-order valence-electron chi connectivity index (χ3n) is 2.97. The molecule has 21 heavy (non-hydrogen) atoms. The van der Waals surface area contributed by atoms with Crippen LogP contribution in [0.3, 0.4) is 0 Å². The van der Waals surface area contributed by atoms with Gasteiger partial charge in [-0.15, -0.1) is 0 Å². The van der Waals surface area contributed by atoms with E-state index in [9.17, 15) is 0 Å². The van der Waals surface area contributed by atoms with Crippen LogP contribution in [-0.2, 0) is 0 Å². The van der Waals surface area contributed by atoms with Crippen molar-refractivity contribution in [3.63, 3.8) is 0 Å². The summed E-state index contributed by atoms with van der Waals surface area (Å²) >= 11 is 0.0770. The lowest BCUT2D eigenvalue weighted by atomic mass is 10.1. The van der Waals surface area contributed by atoms with Crippen molar-refractivity contribution in [3.8, 4) is 11.5 Å². The average Bonchev–Trinajstić information content (AvgIpc) is 2.51. The molecule has 0 N–H and O–H groups in total. The Labute approximate surface area is 134 Å². The molecule has 1 aliphatic heterocycles. The number of hydrogen-bond donors (Lipinski definition) is 0. The van der Waals surface area contributed by atoms with Crippen LogP contribution in [0.25, 0.3) is 0 Å². The van der Waals surface area contributed by atoms with E-state index in [4.69, 9.17) is 9.47 Å². The summed E-state index contributed by atoms with van der Waals surface area (Å²) < 4.78 is 16.1. The lowest BCUT2D eigenvalue weighted by molar-refractivity contribution is 0.418. The molecule has 0 fully saturated rings. The van der Waals surface area contributed by atoms with Crippen LogP contribution >= 0.6 is 20.7 Å². The molecule has 2 aliphatic rings. The Morgan fingerprint density at radius 3 is 2.71 bits per heavy atom. The quantitative estimate of drug-likeness (QED) is 0.672. The first-order valence-electron chi connectivity index (χ1n) is 6.64. The summed E-state index contributed by atoms with van der Waals surface area (Å²) in [5.41, 5.74) is 0.986. The lowest BCUT2D eigenvalue weighted by Gasteiger charge is -2.14. The normalized spacial score (nSPS) is 16.9. The summed E-state index contributed by atoms with van der Waals surface area (Å²) in [5, 5.41) is 0. The molecule has 0 atom stereocenters. The largest absolute Gasteiger partial charge is 0.457 e. The van der Waals surface area contributed by atoms with Crippen LogP contribution in [-0.4, -0.2) is 4.01 Å². The number of halogens is 1. The highest BCUT2D eigenvalue weighted by molar-refractivity contribution is 14.2. The predicted molar refractivity (Wildman–Crippen MR) is 96.0 cm³/mol. The molecular weight excluding hydrogens is 375 g/mol. The van der Waals surface area contributed by atoms with E-state index in [0.717, 1.165) is 35.0 Å². The van der Waals surface area contributed by atoms with Crippen LogP contribution in [0.4, 0.5) is 0 Å². The highest BCUT2D eigenvalue weighted by atomic mass is 127. The molecule has 0 saturated carbocycles. The molecule has 1 heterocycles. The van der Waals surface area contributed by atoms with Crippen LogP contribution in [0.15, 0.2) is 82.4 Å². The van der Waals surface area contributed by atoms with Crippen molar-refractivity contribution in [3.05, 3.63) is 82.4 Å². The molecule has 1 aromatic rings. The van der Waals surface area contributed by atoms with E-state index < -0.39 is 0 Å². The molecule has 0 amide bonds. The maximum Gasteiger partial charge on any atom is 0.131 e. The van der Waals surface area contributed by atoms with Gasteiger partial charge in [-0.05, 0) is 50.4 Å². The van der Waals surface area contributed by atoms with Crippen LogP contribution in [0.2, 0.25) is 0 Å². The maximum atomic E-state index is 5.89. The minimum Gasteiger partial charge on any atom is -0.457 e. The van der Waals surface area contributed by atoms with E-state index in [0.29, 0.717) is 0 Å². The van der Waals surface area contributed by atoms with E-state index >= 15 is 0 Å². The molecule has 2 nitrogen and oxygen atoms in total. The molecule has 0 saturated heterocycles. The minimum absolute atomic E-state index is 0.0770. The molecule has 3 heteroatoms. The Kier molecular flexibility index (Phi) is 4.50. The van der Waals surface area contributed by atoms with Crippen molar-refractivity contribution in [2.24, 2.45) is 0 Å². The Morgan fingerprint density at radius 2 is 1.95 bits per heavy atom. The van der Waals surface area contributed by atoms with Gasteiger partial charge >= 0.3 is 0 Å². The first-order chi connectivity index (χ1) is 10.3. The summed E-state index contributed by atoms with van der Waals surface area (Å²) in [7, 11) is 0. The van der Waals surface area contributed by atoms with E-state index in [2.05, 4.69) is 20.7 Å². The zero-order valence-corrected chi connectivity index (χ0v) is 13.6. The number of ether oxygens (including phenoxy) is 2. The first kappa shape index (κ1) is 14.1. The summed E-state index contributed by atoms with van der Waals surface area (Å²) in [5.74, 6) is 3.20. The van der Waals surface area contributed by atoms with Crippen molar-refractivity contribution < 1.29 is 9.47 Å². The van der Waals surface area contributed by atoms with E-state index in [1.54, 1.807) is 0 Å². The third-order valence-corrected chi connectivity index (χ3v) is 4.51. The summed E-state index contributed by atoms with van der Waals surface area (Å²) in [6, 6.07) is 7.67. The summed E-state index contributed by atoms with van der Waals surface area (Å²) in [6.45, 7) is 4.01. The van der Waals surface area contributed by atoms with Gasteiger partial charge in [-0.25, -0.2) is 0 Å². The van der Waals surface area contributed by atoms with Crippen LogP contribution in [0.5, 0.6) is 11.5 Å². The Bertz CT molecular complexity index is 706. The second kappa shape index (κ2) is 6.72. The number of allylic oxidation sites excluding steroid dienone is 6. The van der Waals surface area contributed by atoms with Crippen molar-refractivity contribution in [2.75, 3.05) is 0 Å². The van der Waals surface area contributed by atoms with Crippen LogP contribution < -0.4 is 9.47 Å². The first-order valence-corrected chi connectivity index (χ1v) is 9.13. The van der Waals surface area contributed by atoms with Gasteiger partial charge in [-0.3, -0.25) is 0 Å². The second-order valence-corrected chi connectivity index (χ2v) is 6.72. The minimum atomic E-state index is 0.0770. The van der Waals surface area contributed by atoms with Crippen molar-refractivity contribution in [2.45, 2.75) is 6.42 Å². The van der Waals surface area contributed by atoms with Crippen molar-refractivity contribution in [1.82, 2.24) is 0 Å². The third kappa shape index (κ3) is 3.82. The fraction of sp³-hybridized carbons (Fsp3) is 0.0556. The molecule has 3 rings (SSSR count). The smallest absolute Gasteiger partial charge is 0.131 e. The zero-order valence-electron chi connectivity index (χ0n) is 11.5. The van der Waals surface area contributed by atoms with Crippen LogP contribution in [0.1, 0.15) is 6.42 Å². The topological polar surface area (TPSA) is 18.5 Å². The number of benzene rings is 1. The molecule has 0 radical (unpaired) electrons. The van der Waals surface area contributed by atoms with E-state index in [1.807, 2.05) is 48.6 Å². The summed E-state index contributed by atoms with van der Waals surface area (Å²) in [4.78, 5) is 0. The lowest BCUT2D eigenvalue weighted by Crippen LogP contribution is -2.00. The predicted octanol–water partition coefficient (Wildman–Crippen LogP) is 5.03. The standard InChI is InChI=1S/C18H15IO2/c1-14-5-2-3-8-18(14)21-17-7-4-6-16(13-17)20-15-9-11-19-12-10-15/h2-4,6-13H,1,5H2. The molecule has 1 aromatic carbocycles. The molecule has 0 bridgehead atoms. The summed E-state index contributed by atoms with van der Waals surface area (Å²) in [6.07, 6.45) is 10.9. The van der Waals surface area contributed by atoms with Gasteiger partial charge in [-0.1, -0.05) is 45.5 Å². The van der Waals surface area contributed by atoms with Gasteiger partial charge in [0.1, 0.15) is 23.0 Å². The van der Waals surface area contributed by atoms with Gasteiger partial charge in [0.05, 0.1) is 0 Å². The highest BCUT2D eigenvalue weighted by Gasteiger charge is 2.08. The fourth-order valence-electron chi connectivity index (χ4n) is 1.92. The monoisotopic (exact) mass is 390 g/mol. The second-order valence-electron chi connectivity index (χ2n) is 4.56. The van der Waals surface area contributed by atoms with Gasteiger partial charge < -0.3 is 9.47 Å². The Balaban J connectivity index is 1.74. The van der Waals surface area contributed by atoms with Gasteiger partial charge in [0.25, 0.3) is 0 Å². The SMILES string of the molecule is C=C1CC=CC=C1Oc1cccc(OC2=CC=IC=C2)c1.